The molecule has 148 valence electrons. The molecule has 0 saturated carbocycles. The van der Waals surface area contributed by atoms with Crippen LogP contribution in [0.1, 0.15) is 51.4 Å². The number of hydrogen-bond acceptors (Lipinski definition) is 4. The second-order valence-electron chi connectivity index (χ2n) is 7.81. The van der Waals surface area contributed by atoms with Crippen LogP contribution in [0.4, 0.5) is 0 Å². The number of aromatic nitrogens is 4. The molecule has 7 nitrogen and oxygen atoms in total. The van der Waals surface area contributed by atoms with Gasteiger partial charge in [0, 0.05) is 42.4 Å². The lowest BCUT2D eigenvalue weighted by Crippen LogP contribution is -2.39. The van der Waals surface area contributed by atoms with E-state index in [1.165, 1.54) is 4.68 Å². The van der Waals surface area contributed by atoms with Crippen molar-refractivity contribution in [3.05, 3.63) is 80.5 Å². The number of carbonyl (C=O) groups excluding carboxylic acids is 1. The van der Waals surface area contributed by atoms with Crippen LogP contribution >= 0.6 is 0 Å². The molecule has 0 unspecified atom stereocenters. The summed E-state index contributed by atoms with van der Waals surface area (Å²) in [5.41, 5.74) is 5.36. The molecule has 1 aliphatic carbocycles. The molecular weight excluding hydrogens is 366 g/mol. The summed E-state index contributed by atoms with van der Waals surface area (Å²) < 4.78 is 1.51. The van der Waals surface area contributed by atoms with E-state index in [1.54, 1.807) is 11.0 Å². The lowest BCUT2D eigenvalue weighted by molar-refractivity contribution is 0.0725. The fourth-order valence-electron chi connectivity index (χ4n) is 4.29. The number of fused-ring (bicyclic) bond motifs is 2. The third-order valence-corrected chi connectivity index (χ3v) is 5.87. The molecule has 0 spiro atoms. The second-order valence-corrected chi connectivity index (χ2v) is 7.81. The Kier molecular flexibility index (Phi) is 4.50. The molecule has 1 aliphatic heterocycles. The number of nitrogens with one attached hydrogen (secondary N) is 1. The van der Waals surface area contributed by atoms with Crippen molar-refractivity contribution in [2.24, 2.45) is 0 Å². The van der Waals surface area contributed by atoms with Gasteiger partial charge in [-0.25, -0.2) is 4.68 Å². The van der Waals surface area contributed by atoms with E-state index < -0.39 is 0 Å². The highest BCUT2D eigenvalue weighted by Gasteiger charge is 2.28. The van der Waals surface area contributed by atoms with Crippen molar-refractivity contribution in [3.8, 4) is 0 Å². The Hall–Kier alpha value is -3.22. The minimum atomic E-state index is -0.140. The van der Waals surface area contributed by atoms with Crippen LogP contribution in [0.2, 0.25) is 0 Å². The number of benzene rings is 1. The molecule has 5 rings (SSSR count). The highest BCUT2D eigenvalue weighted by atomic mass is 16.2. The number of aromatic amines is 1. The van der Waals surface area contributed by atoms with Gasteiger partial charge in [-0.1, -0.05) is 30.3 Å². The second kappa shape index (κ2) is 7.31. The Morgan fingerprint density at radius 2 is 1.93 bits per heavy atom. The number of carbonyl (C=O) groups is 1. The van der Waals surface area contributed by atoms with E-state index >= 15 is 0 Å². The van der Waals surface area contributed by atoms with E-state index in [9.17, 15) is 9.59 Å². The Labute approximate surface area is 168 Å². The van der Waals surface area contributed by atoms with Crippen molar-refractivity contribution in [1.29, 1.82) is 0 Å². The van der Waals surface area contributed by atoms with Gasteiger partial charge in [0.25, 0.3) is 11.5 Å². The molecule has 3 aromatic rings. The summed E-state index contributed by atoms with van der Waals surface area (Å²) in [4.78, 5) is 27.4. The smallest absolute Gasteiger partial charge is 0.274 e. The van der Waals surface area contributed by atoms with Gasteiger partial charge in [-0.05, 0) is 31.2 Å². The lowest BCUT2D eigenvalue weighted by Gasteiger charge is -2.28. The molecule has 1 N–H and O–H groups in total. The van der Waals surface area contributed by atoms with E-state index in [4.69, 9.17) is 0 Å². The minimum Gasteiger partial charge on any atom is -0.332 e. The zero-order valence-corrected chi connectivity index (χ0v) is 16.2. The third kappa shape index (κ3) is 3.37. The largest absolute Gasteiger partial charge is 0.332 e. The number of aryl methyl sites for hydroxylation is 1. The van der Waals surface area contributed by atoms with Crippen molar-refractivity contribution in [2.45, 2.75) is 45.2 Å². The van der Waals surface area contributed by atoms with Crippen LogP contribution in [0.15, 0.2) is 41.2 Å². The molecule has 29 heavy (non-hydrogen) atoms. The average molecular weight is 389 g/mol. The Bertz CT molecular complexity index is 1120. The van der Waals surface area contributed by atoms with Crippen molar-refractivity contribution >= 4 is 5.91 Å². The first-order chi connectivity index (χ1) is 14.2. The van der Waals surface area contributed by atoms with Crippen LogP contribution < -0.4 is 5.56 Å². The molecule has 7 heteroatoms. The van der Waals surface area contributed by atoms with E-state index in [1.807, 2.05) is 30.3 Å². The minimum absolute atomic E-state index is 0.0523. The van der Waals surface area contributed by atoms with Crippen LogP contribution in [-0.4, -0.2) is 37.3 Å². The molecule has 0 bridgehead atoms. The molecule has 1 amide bonds. The van der Waals surface area contributed by atoms with Crippen LogP contribution in [-0.2, 0) is 32.4 Å². The van der Waals surface area contributed by atoms with Crippen molar-refractivity contribution in [2.75, 3.05) is 6.54 Å². The summed E-state index contributed by atoms with van der Waals surface area (Å²) in [6, 6.07) is 11.5. The summed E-state index contributed by atoms with van der Waals surface area (Å²) in [5.74, 6) is -0.0523. The van der Waals surface area contributed by atoms with Crippen LogP contribution in [0, 0.1) is 0 Å². The normalized spacial score (nSPS) is 15.7. The van der Waals surface area contributed by atoms with Gasteiger partial charge in [-0.2, -0.15) is 10.2 Å². The highest BCUT2D eigenvalue weighted by Crippen LogP contribution is 2.25. The van der Waals surface area contributed by atoms with Gasteiger partial charge in [0.05, 0.1) is 12.2 Å². The monoisotopic (exact) mass is 389 g/mol. The highest BCUT2D eigenvalue weighted by molar-refractivity contribution is 5.94. The molecule has 1 aromatic carbocycles. The van der Waals surface area contributed by atoms with E-state index in [2.05, 4.69) is 15.3 Å². The van der Waals surface area contributed by atoms with Gasteiger partial charge in [-0.3, -0.25) is 14.7 Å². The quantitative estimate of drug-likeness (QED) is 0.743. The summed E-state index contributed by atoms with van der Waals surface area (Å²) >= 11 is 0. The van der Waals surface area contributed by atoms with Crippen molar-refractivity contribution in [1.82, 2.24) is 24.9 Å². The fourth-order valence-corrected chi connectivity index (χ4v) is 4.29. The number of nitrogens with zero attached hydrogens (tertiary/aromatic N) is 4. The fraction of sp³-hybridized carbons (Fsp3) is 0.364. The zero-order valence-electron chi connectivity index (χ0n) is 16.2. The third-order valence-electron chi connectivity index (χ3n) is 5.87. The summed E-state index contributed by atoms with van der Waals surface area (Å²) in [5, 5.41) is 11.9. The topological polar surface area (TPSA) is 83.9 Å². The predicted octanol–water partition coefficient (Wildman–Crippen LogP) is 2.09. The standard InChI is InChI=1S/C22H23N5O2/c28-20-12-16-14-26(22(29)21-17-8-4-5-9-19(17)23-24-21)11-10-18(16)25-27(20)13-15-6-2-1-3-7-15/h1-3,6-7,12H,4-5,8-11,13-14H2,(H,23,24). The molecular formula is C22H23N5O2. The average Bonchev–Trinajstić information content (AvgIpc) is 3.18. The van der Waals surface area contributed by atoms with Gasteiger partial charge >= 0.3 is 0 Å². The maximum atomic E-state index is 13.1. The maximum Gasteiger partial charge on any atom is 0.274 e. The van der Waals surface area contributed by atoms with Crippen LogP contribution in [0.3, 0.4) is 0 Å². The van der Waals surface area contributed by atoms with Crippen LogP contribution in [0.5, 0.6) is 0 Å². The number of amides is 1. The summed E-state index contributed by atoms with van der Waals surface area (Å²) in [7, 11) is 0. The predicted molar refractivity (Wildman–Crippen MR) is 108 cm³/mol. The zero-order chi connectivity index (χ0) is 19.8. The molecule has 2 aromatic heterocycles. The molecule has 3 heterocycles. The molecule has 0 atom stereocenters. The Morgan fingerprint density at radius 3 is 2.79 bits per heavy atom. The number of H-pyrrole nitrogens is 1. The SMILES string of the molecule is O=C(c1n[nH]c2c1CCCC2)N1CCc2nn(Cc3ccccc3)c(=O)cc2C1. The van der Waals surface area contributed by atoms with Gasteiger partial charge in [0.1, 0.15) is 0 Å². The van der Waals surface area contributed by atoms with Crippen molar-refractivity contribution < 1.29 is 4.79 Å². The lowest BCUT2D eigenvalue weighted by atomic mass is 9.95. The molecule has 0 radical (unpaired) electrons. The van der Waals surface area contributed by atoms with Gasteiger partial charge < -0.3 is 4.90 Å². The number of rotatable bonds is 3. The number of hydrogen-bond donors (Lipinski definition) is 1. The first-order valence-electron chi connectivity index (χ1n) is 10.2. The summed E-state index contributed by atoms with van der Waals surface area (Å²) in [6.07, 6.45) is 4.75. The molecule has 0 saturated heterocycles. The molecule has 0 fully saturated rings. The maximum absolute atomic E-state index is 13.1. The van der Waals surface area contributed by atoms with Gasteiger partial charge in [0.15, 0.2) is 5.69 Å². The first kappa shape index (κ1) is 17.8. The van der Waals surface area contributed by atoms with Crippen LogP contribution in [0.25, 0.3) is 0 Å². The summed E-state index contributed by atoms with van der Waals surface area (Å²) in [6.45, 7) is 1.45. The van der Waals surface area contributed by atoms with E-state index in [-0.39, 0.29) is 11.5 Å². The van der Waals surface area contributed by atoms with Crippen molar-refractivity contribution in [3.63, 3.8) is 0 Å². The van der Waals surface area contributed by atoms with E-state index in [0.717, 1.165) is 53.8 Å². The molecule has 2 aliphatic rings. The Balaban J connectivity index is 1.37. The first-order valence-corrected chi connectivity index (χ1v) is 10.2. The van der Waals surface area contributed by atoms with E-state index in [0.29, 0.717) is 31.7 Å². The van der Waals surface area contributed by atoms with Gasteiger partial charge in [0.2, 0.25) is 0 Å². The Morgan fingerprint density at radius 1 is 1.10 bits per heavy atom. The van der Waals surface area contributed by atoms with Gasteiger partial charge in [-0.15, -0.1) is 0 Å².